The molecule has 0 bridgehead atoms. The standard InChI is InChI=1S/C19H24N2O2/c1-14(21-13-5-8-18(20)19(22)23)15-9-11-17(12-10-15)16-6-3-2-4-7-16/h2-4,6-7,9-12,14,18,21H,5,8,13,20H2,1H3,(H,22,23). The predicted octanol–water partition coefficient (Wildman–Crippen LogP) is 3.20. The van der Waals surface area contributed by atoms with Crippen molar-refractivity contribution >= 4 is 5.97 Å². The van der Waals surface area contributed by atoms with Crippen LogP contribution in [0.1, 0.15) is 31.4 Å². The average molecular weight is 312 g/mol. The van der Waals surface area contributed by atoms with Crippen LogP contribution in [0, 0.1) is 0 Å². The minimum Gasteiger partial charge on any atom is -0.480 e. The van der Waals surface area contributed by atoms with Gasteiger partial charge in [0.25, 0.3) is 0 Å². The first-order valence-corrected chi connectivity index (χ1v) is 7.95. The summed E-state index contributed by atoms with van der Waals surface area (Å²) in [5, 5.41) is 12.1. The van der Waals surface area contributed by atoms with Crippen molar-refractivity contribution in [2.24, 2.45) is 5.73 Å². The Labute approximate surface area is 137 Å². The number of nitrogens with one attached hydrogen (secondary N) is 1. The molecule has 0 saturated carbocycles. The molecule has 0 aromatic heterocycles. The van der Waals surface area contributed by atoms with E-state index in [9.17, 15) is 4.79 Å². The van der Waals surface area contributed by atoms with Crippen molar-refractivity contribution in [2.75, 3.05) is 6.54 Å². The van der Waals surface area contributed by atoms with Crippen LogP contribution in [0.2, 0.25) is 0 Å². The second kappa shape index (κ2) is 8.46. The summed E-state index contributed by atoms with van der Waals surface area (Å²) in [6, 6.07) is 18.3. The third-order valence-corrected chi connectivity index (χ3v) is 3.98. The third kappa shape index (κ3) is 5.20. The third-order valence-electron chi connectivity index (χ3n) is 3.98. The van der Waals surface area contributed by atoms with E-state index in [4.69, 9.17) is 10.8 Å². The zero-order valence-electron chi connectivity index (χ0n) is 13.4. The Morgan fingerprint density at radius 1 is 1.09 bits per heavy atom. The summed E-state index contributed by atoms with van der Waals surface area (Å²) < 4.78 is 0. The van der Waals surface area contributed by atoms with E-state index in [1.165, 1.54) is 16.7 Å². The summed E-state index contributed by atoms with van der Waals surface area (Å²) in [6.45, 7) is 2.86. The molecule has 4 N–H and O–H groups in total. The number of hydrogen-bond donors (Lipinski definition) is 3. The highest BCUT2D eigenvalue weighted by Crippen LogP contribution is 2.21. The van der Waals surface area contributed by atoms with Gasteiger partial charge in [-0.15, -0.1) is 0 Å². The highest BCUT2D eigenvalue weighted by Gasteiger charge is 2.11. The van der Waals surface area contributed by atoms with Gasteiger partial charge in [0.15, 0.2) is 0 Å². The number of hydrogen-bond acceptors (Lipinski definition) is 3. The Balaban J connectivity index is 1.83. The lowest BCUT2D eigenvalue weighted by atomic mass is 10.0. The van der Waals surface area contributed by atoms with Crippen molar-refractivity contribution in [3.8, 4) is 11.1 Å². The molecule has 2 atom stereocenters. The Hall–Kier alpha value is -2.17. The summed E-state index contributed by atoms with van der Waals surface area (Å²) in [6.07, 6.45) is 1.24. The monoisotopic (exact) mass is 312 g/mol. The molecular weight excluding hydrogens is 288 g/mol. The SMILES string of the molecule is CC(NCCCC(N)C(=O)O)c1ccc(-c2ccccc2)cc1. The van der Waals surface area contributed by atoms with Gasteiger partial charge in [0, 0.05) is 6.04 Å². The molecule has 122 valence electrons. The Morgan fingerprint density at radius 3 is 2.30 bits per heavy atom. The minimum atomic E-state index is -0.936. The van der Waals surface area contributed by atoms with Crippen molar-refractivity contribution in [3.05, 3.63) is 60.2 Å². The van der Waals surface area contributed by atoms with E-state index in [-0.39, 0.29) is 6.04 Å². The van der Waals surface area contributed by atoms with Crippen LogP contribution in [0.25, 0.3) is 11.1 Å². The van der Waals surface area contributed by atoms with Crippen LogP contribution in [0.3, 0.4) is 0 Å². The van der Waals surface area contributed by atoms with Crippen LogP contribution in [-0.4, -0.2) is 23.7 Å². The van der Waals surface area contributed by atoms with Gasteiger partial charge in [0.1, 0.15) is 6.04 Å². The van der Waals surface area contributed by atoms with E-state index in [1.807, 2.05) is 18.2 Å². The van der Waals surface area contributed by atoms with Gasteiger partial charge in [0.2, 0.25) is 0 Å². The summed E-state index contributed by atoms with van der Waals surface area (Å²) in [5.41, 5.74) is 9.12. The molecule has 0 aliphatic carbocycles. The molecular formula is C19H24N2O2. The first-order chi connectivity index (χ1) is 11.1. The van der Waals surface area contributed by atoms with Crippen LogP contribution in [0.5, 0.6) is 0 Å². The molecule has 2 rings (SSSR count). The number of carboxylic acid groups (broad SMARTS) is 1. The van der Waals surface area contributed by atoms with Gasteiger partial charge in [-0.3, -0.25) is 4.79 Å². The number of rotatable bonds is 8. The maximum absolute atomic E-state index is 10.7. The van der Waals surface area contributed by atoms with Crippen molar-refractivity contribution in [3.63, 3.8) is 0 Å². The zero-order valence-corrected chi connectivity index (χ0v) is 13.4. The van der Waals surface area contributed by atoms with Crippen molar-refractivity contribution in [1.82, 2.24) is 5.32 Å². The molecule has 4 heteroatoms. The lowest BCUT2D eigenvalue weighted by Gasteiger charge is -2.15. The van der Waals surface area contributed by atoms with Gasteiger partial charge in [-0.25, -0.2) is 0 Å². The minimum absolute atomic E-state index is 0.223. The maximum Gasteiger partial charge on any atom is 0.320 e. The van der Waals surface area contributed by atoms with Gasteiger partial charge < -0.3 is 16.2 Å². The molecule has 0 heterocycles. The molecule has 23 heavy (non-hydrogen) atoms. The molecule has 2 unspecified atom stereocenters. The predicted molar refractivity (Wildman–Crippen MR) is 93.1 cm³/mol. The average Bonchev–Trinajstić information content (AvgIpc) is 2.59. The van der Waals surface area contributed by atoms with E-state index in [2.05, 4.69) is 48.6 Å². The first kappa shape index (κ1) is 17.2. The van der Waals surface area contributed by atoms with Crippen molar-refractivity contribution in [2.45, 2.75) is 31.8 Å². The van der Waals surface area contributed by atoms with E-state index in [0.29, 0.717) is 6.42 Å². The second-order valence-corrected chi connectivity index (χ2v) is 5.75. The number of benzene rings is 2. The van der Waals surface area contributed by atoms with Gasteiger partial charge in [0.05, 0.1) is 0 Å². The van der Waals surface area contributed by atoms with Crippen LogP contribution < -0.4 is 11.1 Å². The fraction of sp³-hybridized carbons (Fsp3) is 0.316. The molecule has 0 saturated heterocycles. The quantitative estimate of drug-likeness (QED) is 0.654. The van der Waals surface area contributed by atoms with E-state index < -0.39 is 12.0 Å². The lowest BCUT2D eigenvalue weighted by Crippen LogP contribution is -2.31. The smallest absolute Gasteiger partial charge is 0.320 e. The molecule has 2 aromatic rings. The summed E-state index contributed by atoms with van der Waals surface area (Å²) in [7, 11) is 0. The molecule has 0 aliphatic rings. The van der Waals surface area contributed by atoms with E-state index >= 15 is 0 Å². The Morgan fingerprint density at radius 2 is 1.70 bits per heavy atom. The van der Waals surface area contributed by atoms with E-state index in [1.54, 1.807) is 0 Å². The fourth-order valence-electron chi connectivity index (χ4n) is 2.48. The zero-order chi connectivity index (χ0) is 16.7. The molecule has 0 aliphatic heterocycles. The Kier molecular flexibility index (Phi) is 6.32. The fourth-order valence-corrected chi connectivity index (χ4v) is 2.48. The van der Waals surface area contributed by atoms with Crippen molar-refractivity contribution in [1.29, 1.82) is 0 Å². The van der Waals surface area contributed by atoms with Gasteiger partial charge in [-0.05, 0) is 43.0 Å². The van der Waals surface area contributed by atoms with E-state index in [0.717, 1.165) is 13.0 Å². The molecule has 0 amide bonds. The highest BCUT2D eigenvalue weighted by molar-refractivity contribution is 5.72. The number of aliphatic carboxylic acids is 1. The van der Waals surface area contributed by atoms with Crippen LogP contribution >= 0.6 is 0 Å². The van der Waals surface area contributed by atoms with Gasteiger partial charge >= 0.3 is 5.97 Å². The highest BCUT2D eigenvalue weighted by atomic mass is 16.4. The summed E-state index contributed by atoms with van der Waals surface area (Å²) in [4.78, 5) is 10.7. The molecule has 0 spiro atoms. The lowest BCUT2D eigenvalue weighted by molar-refractivity contribution is -0.138. The topological polar surface area (TPSA) is 75.3 Å². The normalized spacial score (nSPS) is 13.5. The molecule has 4 nitrogen and oxygen atoms in total. The first-order valence-electron chi connectivity index (χ1n) is 7.95. The summed E-state index contributed by atoms with van der Waals surface area (Å²) in [5.74, 6) is -0.936. The molecule has 0 fully saturated rings. The van der Waals surface area contributed by atoms with Crippen LogP contribution in [0.4, 0.5) is 0 Å². The summed E-state index contributed by atoms with van der Waals surface area (Å²) >= 11 is 0. The number of nitrogens with two attached hydrogens (primary N) is 1. The van der Waals surface area contributed by atoms with Gasteiger partial charge in [-0.2, -0.15) is 0 Å². The number of carbonyl (C=O) groups is 1. The molecule has 2 aromatic carbocycles. The van der Waals surface area contributed by atoms with Gasteiger partial charge in [-0.1, -0.05) is 54.6 Å². The number of carboxylic acids is 1. The molecule has 0 radical (unpaired) electrons. The van der Waals surface area contributed by atoms with Crippen molar-refractivity contribution < 1.29 is 9.90 Å². The maximum atomic E-state index is 10.7. The largest absolute Gasteiger partial charge is 0.480 e. The van der Waals surface area contributed by atoms with Crippen LogP contribution in [0.15, 0.2) is 54.6 Å². The Bertz CT molecular complexity index is 611. The second-order valence-electron chi connectivity index (χ2n) is 5.75. The van der Waals surface area contributed by atoms with Crippen LogP contribution in [-0.2, 0) is 4.79 Å².